The fourth-order valence-corrected chi connectivity index (χ4v) is 2.91. The lowest BCUT2D eigenvalue weighted by molar-refractivity contribution is -0.159. The molecule has 2 N–H and O–H groups in total. The number of β-amino-alcohol motifs (C(OH)–C–C–N with tert-alkyl or cyclic N) is 1. The molecule has 1 aliphatic heterocycles. The zero-order valence-corrected chi connectivity index (χ0v) is 11.4. The van der Waals surface area contributed by atoms with E-state index in [9.17, 15) is 19.4 Å². The van der Waals surface area contributed by atoms with Gasteiger partial charge in [-0.3, -0.25) is 9.78 Å². The smallest absolute Gasteiger partial charge is 0.312 e. The first kappa shape index (κ1) is 14.7. The molecule has 1 aromatic heterocycles. The van der Waals surface area contributed by atoms with E-state index in [1.807, 2.05) is 6.92 Å². The van der Waals surface area contributed by atoms with Gasteiger partial charge in [-0.15, -0.1) is 0 Å². The van der Waals surface area contributed by atoms with E-state index < -0.39 is 23.3 Å². The first-order valence-electron chi connectivity index (χ1n) is 6.77. The summed E-state index contributed by atoms with van der Waals surface area (Å²) >= 11 is 0. The Kier molecular flexibility index (Phi) is 4.23. The summed E-state index contributed by atoms with van der Waals surface area (Å²) in [6.45, 7) is 2.42. The normalized spacial score (nSPS) is 26.6. The Labute approximate surface area is 117 Å². The molecule has 0 unspecified atom stereocenters. The van der Waals surface area contributed by atoms with Crippen molar-refractivity contribution < 1.29 is 19.4 Å². The van der Waals surface area contributed by atoms with Crippen molar-refractivity contribution in [2.75, 3.05) is 18.0 Å². The Hall–Kier alpha value is -1.69. The van der Waals surface area contributed by atoms with E-state index >= 15 is 0 Å². The number of carboxylic acids is 1. The Bertz CT molecular complexity index is 497. The van der Waals surface area contributed by atoms with Crippen LogP contribution in [-0.4, -0.2) is 40.4 Å². The van der Waals surface area contributed by atoms with Crippen LogP contribution in [-0.2, 0) is 4.79 Å². The molecule has 2 heterocycles. The predicted octanol–water partition coefficient (Wildman–Crippen LogP) is 1.66. The van der Waals surface area contributed by atoms with Crippen LogP contribution in [0.2, 0.25) is 0 Å². The lowest BCUT2D eigenvalue weighted by Gasteiger charge is -2.43. The number of aliphatic hydroxyl groups is 1. The number of piperidine rings is 1. The van der Waals surface area contributed by atoms with E-state index in [0.29, 0.717) is 31.5 Å². The van der Waals surface area contributed by atoms with Gasteiger partial charge in [-0.2, -0.15) is 0 Å². The number of rotatable bonds is 4. The maximum atomic E-state index is 13.7. The van der Waals surface area contributed by atoms with Gasteiger partial charge < -0.3 is 15.1 Å². The predicted molar refractivity (Wildman–Crippen MR) is 72.0 cm³/mol. The van der Waals surface area contributed by atoms with E-state index in [-0.39, 0.29) is 6.54 Å². The summed E-state index contributed by atoms with van der Waals surface area (Å²) in [5.41, 5.74) is -0.760. The third kappa shape index (κ3) is 2.47. The number of hydrogen-bond acceptors (Lipinski definition) is 4. The lowest BCUT2D eigenvalue weighted by atomic mass is 9.72. The second-order valence-corrected chi connectivity index (χ2v) is 5.25. The van der Waals surface area contributed by atoms with Crippen molar-refractivity contribution in [2.45, 2.75) is 32.3 Å². The van der Waals surface area contributed by atoms with Crippen LogP contribution in [0.15, 0.2) is 18.5 Å². The van der Waals surface area contributed by atoms with E-state index in [0.717, 1.165) is 6.20 Å². The van der Waals surface area contributed by atoms with Crippen LogP contribution < -0.4 is 4.90 Å². The number of carboxylic acid groups (broad SMARTS) is 1. The van der Waals surface area contributed by atoms with E-state index in [1.165, 1.54) is 12.3 Å². The number of halogens is 1. The van der Waals surface area contributed by atoms with Crippen LogP contribution in [0.25, 0.3) is 0 Å². The van der Waals surface area contributed by atoms with Gasteiger partial charge in [0, 0.05) is 19.3 Å². The molecule has 6 heteroatoms. The third-order valence-electron chi connectivity index (χ3n) is 4.07. The van der Waals surface area contributed by atoms with Gasteiger partial charge in [-0.25, -0.2) is 4.39 Å². The highest BCUT2D eigenvalue weighted by molar-refractivity contribution is 5.76. The molecule has 20 heavy (non-hydrogen) atoms. The number of hydrogen-bond donors (Lipinski definition) is 2. The number of anilines is 1. The van der Waals surface area contributed by atoms with Crippen molar-refractivity contribution in [3.8, 4) is 0 Å². The van der Waals surface area contributed by atoms with Gasteiger partial charge in [0.2, 0.25) is 0 Å². The molecular formula is C14H19FN2O3. The lowest BCUT2D eigenvalue weighted by Crippen LogP contribution is -2.55. The van der Waals surface area contributed by atoms with Crippen LogP contribution in [0.1, 0.15) is 26.2 Å². The van der Waals surface area contributed by atoms with Crippen molar-refractivity contribution in [2.24, 2.45) is 5.41 Å². The standard InChI is InChI=1S/C14H19FN2O3/c1-2-4-14(13(19)20)5-7-17(9-12(14)18)11-3-6-16-8-10(11)15/h3,6,8,12,18H,2,4-5,7,9H2,1H3,(H,19,20)/t12-,14+/m1/s1. The second-order valence-electron chi connectivity index (χ2n) is 5.25. The summed E-state index contributed by atoms with van der Waals surface area (Å²) in [5.74, 6) is -1.43. The fourth-order valence-electron chi connectivity index (χ4n) is 2.91. The molecule has 0 radical (unpaired) electrons. The molecule has 0 spiro atoms. The van der Waals surface area contributed by atoms with Crippen LogP contribution in [0.3, 0.4) is 0 Å². The van der Waals surface area contributed by atoms with E-state index in [2.05, 4.69) is 4.98 Å². The number of nitrogens with zero attached hydrogens (tertiary/aromatic N) is 2. The molecule has 0 aliphatic carbocycles. The molecule has 2 atom stereocenters. The van der Waals surface area contributed by atoms with Crippen LogP contribution in [0.5, 0.6) is 0 Å². The van der Waals surface area contributed by atoms with Gasteiger partial charge in [-0.1, -0.05) is 13.3 Å². The molecule has 2 rings (SSSR count). The molecule has 1 aliphatic rings. The van der Waals surface area contributed by atoms with Gasteiger partial charge in [0.15, 0.2) is 5.82 Å². The zero-order valence-electron chi connectivity index (χ0n) is 11.4. The maximum absolute atomic E-state index is 13.7. The number of carbonyl (C=O) groups is 1. The molecule has 0 bridgehead atoms. The molecule has 0 aromatic carbocycles. The highest BCUT2D eigenvalue weighted by atomic mass is 19.1. The summed E-state index contributed by atoms with van der Waals surface area (Å²) in [4.78, 5) is 16.9. The van der Waals surface area contributed by atoms with Gasteiger partial charge in [0.25, 0.3) is 0 Å². The number of aliphatic carboxylic acids is 1. The molecule has 1 saturated heterocycles. The Morgan fingerprint density at radius 3 is 2.95 bits per heavy atom. The average Bonchev–Trinajstić information content (AvgIpc) is 2.41. The zero-order chi connectivity index (χ0) is 14.8. The number of aromatic nitrogens is 1. The molecule has 1 aromatic rings. The van der Waals surface area contributed by atoms with E-state index in [4.69, 9.17) is 0 Å². The van der Waals surface area contributed by atoms with Crippen LogP contribution >= 0.6 is 0 Å². The van der Waals surface area contributed by atoms with Gasteiger partial charge in [0.05, 0.1) is 23.4 Å². The number of pyridine rings is 1. The molecule has 0 amide bonds. The second kappa shape index (κ2) is 5.75. The molecule has 0 saturated carbocycles. The fraction of sp³-hybridized carbons (Fsp3) is 0.571. The van der Waals surface area contributed by atoms with Gasteiger partial charge >= 0.3 is 5.97 Å². The Balaban J connectivity index is 2.20. The maximum Gasteiger partial charge on any atom is 0.312 e. The van der Waals surface area contributed by atoms with Crippen molar-refractivity contribution in [3.05, 3.63) is 24.3 Å². The molecule has 110 valence electrons. The van der Waals surface area contributed by atoms with Crippen molar-refractivity contribution in [3.63, 3.8) is 0 Å². The highest BCUT2D eigenvalue weighted by Crippen LogP contribution is 2.38. The highest BCUT2D eigenvalue weighted by Gasteiger charge is 2.48. The van der Waals surface area contributed by atoms with E-state index in [1.54, 1.807) is 4.90 Å². The Morgan fingerprint density at radius 2 is 2.40 bits per heavy atom. The molecule has 1 fully saturated rings. The minimum Gasteiger partial charge on any atom is -0.481 e. The quantitative estimate of drug-likeness (QED) is 0.878. The summed E-state index contributed by atoms with van der Waals surface area (Å²) < 4.78 is 13.7. The summed E-state index contributed by atoms with van der Waals surface area (Å²) in [5, 5.41) is 19.7. The van der Waals surface area contributed by atoms with Crippen molar-refractivity contribution in [1.82, 2.24) is 4.98 Å². The van der Waals surface area contributed by atoms with Gasteiger partial charge in [0.1, 0.15) is 0 Å². The average molecular weight is 282 g/mol. The summed E-state index contributed by atoms with van der Waals surface area (Å²) in [6.07, 6.45) is 3.01. The summed E-state index contributed by atoms with van der Waals surface area (Å²) in [6, 6.07) is 1.54. The Morgan fingerprint density at radius 1 is 1.65 bits per heavy atom. The molecule has 5 nitrogen and oxygen atoms in total. The van der Waals surface area contributed by atoms with Crippen LogP contribution in [0, 0.1) is 11.2 Å². The monoisotopic (exact) mass is 282 g/mol. The van der Waals surface area contributed by atoms with Crippen LogP contribution in [0.4, 0.5) is 10.1 Å². The number of aliphatic hydroxyl groups excluding tert-OH is 1. The minimum absolute atomic E-state index is 0.118. The first-order valence-corrected chi connectivity index (χ1v) is 6.77. The minimum atomic E-state index is -1.12. The SMILES string of the molecule is CCC[C@]1(C(=O)O)CCN(c2ccncc2F)C[C@H]1O. The van der Waals surface area contributed by atoms with Gasteiger partial charge in [-0.05, 0) is 18.9 Å². The topological polar surface area (TPSA) is 73.7 Å². The van der Waals surface area contributed by atoms with Crippen molar-refractivity contribution in [1.29, 1.82) is 0 Å². The third-order valence-corrected chi connectivity index (χ3v) is 4.07. The van der Waals surface area contributed by atoms with Crippen molar-refractivity contribution >= 4 is 11.7 Å². The first-order chi connectivity index (χ1) is 9.51. The summed E-state index contributed by atoms with van der Waals surface area (Å²) in [7, 11) is 0. The molecular weight excluding hydrogens is 263 g/mol. The largest absolute Gasteiger partial charge is 0.481 e.